The third-order valence-electron chi connectivity index (χ3n) is 5.80. The molecule has 182 valence electrons. The number of hydrogen-bond donors (Lipinski definition) is 2. The van der Waals surface area contributed by atoms with Gasteiger partial charge in [0.2, 0.25) is 5.88 Å². The lowest BCUT2D eigenvalue weighted by atomic mass is 9.97. The number of amides is 1. The van der Waals surface area contributed by atoms with Crippen LogP contribution in [-0.4, -0.2) is 53.7 Å². The van der Waals surface area contributed by atoms with Gasteiger partial charge < -0.3 is 19.9 Å². The molecule has 35 heavy (non-hydrogen) atoms. The number of allylic oxidation sites excluding steroid dienone is 6. The molecule has 2 aromatic rings. The van der Waals surface area contributed by atoms with E-state index in [-0.39, 0.29) is 11.8 Å². The molecule has 2 heterocycles. The van der Waals surface area contributed by atoms with E-state index in [1.54, 1.807) is 18.3 Å². The Balaban J connectivity index is 1.52. The van der Waals surface area contributed by atoms with Crippen molar-refractivity contribution in [2.24, 2.45) is 4.99 Å². The van der Waals surface area contributed by atoms with Crippen LogP contribution in [0, 0.1) is 0 Å². The summed E-state index contributed by atoms with van der Waals surface area (Å²) in [4.78, 5) is 26.5. The molecule has 0 bridgehead atoms. The fourth-order valence-corrected chi connectivity index (χ4v) is 3.82. The van der Waals surface area contributed by atoms with E-state index in [1.165, 1.54) is 7.11 Å². The van der Waals surface area contributed by atoms with Crippen molar-refractivity contribution < 1.29 is 19.4 Å². The molecule has 8 heteroatoms. The van der Waals surface area contributed by atoms with Gasteiger partial charge in [0.05, 0.1) is 17.6 Å². The van der Waals surface area contributed by atoms with Crippen molar-refractivity contribution in [1.29, 1.82) is 0 Å². The van der Waals surface area contributed by atoms with Crippen molar-refractivity contribution in [3.8, 4) is 5.88 Å². The van der Waals surface area contributed by atoms with Crippen LogP contribution < -0.4 is 10.1 Å². The topological polar surface area (TPSA) is 106 Å². The number of aliphatic hydroxyl groups excluding tert-OH is 1. The fourth-order valence-electron chi connectivity index (χ4n) is 3.82. The highest BCUT2D eigenvalue weighted by Crippen LogP contribution is 2.31. The average molecular weight is 475 g/mol. The van der Waals surface area contributed by atoms with E-state index >= 15 is 0 Å². The Bertz CT molecular complexity index is 1200. The van der Waals surface area contributed by atoms with Crippen molar-refractivity contribution >= 4 is 23.2 Å². The predicted molar refractivity (Wildman–Crippen MR) is 136 cm³/mol. The molecule has 2 unspecified atom stereocenters. The van der Waals surface area contributed by atoms with E-state index in [1.807, 2.05) is 36.6 Å². The highest BCUT2D eigenvalue weighted by atomic mass is 16.6. The lowest BCUT2D eigenvalue weighted by molar-refractivity contribution is -0.0803. The van der Waals surface area contributed by atoms with Crippen LogP contribution in [0.4, 0.5) is 0 Å². The zero-order valence-electron chi connectivity index (χ0n) is 19.8. The Hall–Kier alpha value is -3.62. The highest BCUT2D eigenvalue weighted by Gasteiger charge is 2.20. The van der Waals surface area contributed by atoms with E-state index in [0.29, 0.717) is 54.9 Å². The van der Waals surface area contributed by atoms with Gasteiger partial charge in [-0.25, -0.2) is 9.97 Å². The standard InChI is InChI=1S/C27H30N4O4/c1-34-24(32)10-6-16-35-27-25(20-8-3-2-4-9-20)30-22-12-11-21(17-23(22)31-27)26(33)29-18-19-7-5-14-28-15-13-19/h2-5,7-8,11-12,14-15,17,20,24,32H,6,9-10,13,16,18H2,1H3,(H,29,33). The molecule has 0 saturated heterocycles. The van der Waals surface area contributed by atoms with Gasteiger partial charge >= 0.3 is 0 Å². The summed E-state index contributed by atoms with van der Waals surface area (Å²) in [5, 5.41) is 12.6. The molecule has 0 fully saturated rings. The van der Waals surface area contributed by atoms with Gasteiger partial charge in [0.25, 0.3) is 5.91 Å². The van der Waals surface area contributed by atoms with Crippen LogP contribution in [0.25, 0.3) is 11.0 Å². The van der Waals surface area contributed by atoms with E-state index < -0.39 is 6.29 Å². The second-order valence-corrected chi connectivity index (χ2v) is 8.34. The van der Waals surface area contributed by atoms with Gasteiger partial charge in [-0.2, -0.15) is 0 Å². The molecule has 1 amide bonds. The first-order valence-electron chi connectivity index (χ1n) is 11.8. The molecule has 1 aromatic heterocycles. The number of fused-ring (bicyclic) bond motifs is 1. The maximum Gasteiger partial charge on any atom is 0.251 e. The van der Waals surface area contributed by atoms with Crippen LogP contribution in [0.1, 0.15) is 47.7 Å². The molecule has 2 N–H and O–H groups in total. The first kappa shape index (κ1) is 24.5. The van der Waals surface area contributed by atoms with E-state index in [9.17, 15) is 9.90 Å². The summed E-state index contributed by atoms with van der Waals surface area (Å²) in [6, 6.07) is 5.33. The van der Waals surface area contributed by atoms with Gasteiger partial charge in [0.15, 0.2) is 6.29 Å². The Morgan fingerprint density at radius 3 is 2.97 bits per heavy atom. The molecule has 8 nitrogen and oxygen atoms in total. The zero-order valence-corrected chi connectivity index (χ0v) is 19.8. The monoisotopic (exact) mass is 474 g/mol. The highest BCUT2D eigenvalue weighted by molar-refractivity contribution is 5.97. The smallest absolute Gasteiger partial charge is 0.251 e. The Labute approximate surface area is 204 Å². The van der Waals surface area contributed by atoms with Crippen molar-refractivity contribution in [2.75, 3.05) is 20.3 Å². The molecule has 2 atom stereocenters. The number of aromatic nitrogens is 2. The number of aliphatic hydroxyl groups is 1. The SMILES string of the molecule is COC(O)CCCOc1nc2cc(C(=O)NCC3=CC=CN=CC3)ccc2nc1C1C=CC=CC1. The Morgan fingerprint density at radius 1 is 1.23 bits per heavy atom. The predicted octanol–water partition coefficient (Wildman–Crippen LogP) is 4.00. The average Bonchev–Trinajstić information content (AvgIpc) is 3.18. The van der Waals surface area contributed by atoms with Crippen molar-refractivity contribution in [3.63, 3.8) is 0 Å². The van der Waals surface area contributed by atoms with Crippen LogP contribution in [-0.2, 0) is 4.74 Å². The summed E-state index contributed by atoms with van der Waals surface area (Å²) in [5.74, 6) is 0.326. The number of carbonyl (C=O) groups is 1. The third kappa shape index (κ3) is 6.71. The van der Waals surface area contributed by atoms with Gasteiger partial charge in [0.1, 0.15) is 5.69 Å². The van der Waals surface area contributed by atoms with Crippen molar-refractivity contribution in [2.45, 2.75) is 37.9 Å². The molecular weight excluding hydrogens is 444 g/mol. The third-order valence-corrected chi connectivity index (χ3v) is 5.80. The minimum absolute atomic E-state index is 0.0601. The normalized spacial score (nSPS) is 17.8. The van der Waals surface area contributed by atoms with Crippen LogP contribution in [0.15, 0.2) is 71.4 Å². The maximum atomic E-state index is 12.8. The largest absolute Gasteiger partial charge is 0.476 e. The molecule has 2 aliphatic rings. The number of hydrogen-bond acceptors (Lipinski definition) is 7. The summed E-state index contributed by atoms with van der Waals surface area (Å²) in [6.45, 7) is 0.813. The lowest BCUT2D eigenvalue weighted by Crippen LogP contribution is -2.25. The fraction of sp³-hybridized carbons (Fsp3) is 0.333. The van der Waals surface area contributed by atoms with Crippen molar-refractivity contribution in [1.82, 2.24) is 15.3 Å². The summed E-state index contributed by atoms with van der Waals surface area (Å²) in [7, 11) is 1.47. The number of rotatable bonds is 10. The molecular formula is C27H30N4O4. The number of aliphatic imine (C=N–C) groups is 1. The number of nitrogens with one attached hydrogen (secondary N) is 1. The molecule has 0 spiro atoms. The molecule has 0 saturated carbocycles. The molecule has 1 aromatic carbocycles. The van der Waals surface area contributed by atoms with Crippen LogP contribution in [0.3, 0.4) is 0 Å². The van der Waals surface area contributed by atoms with Gasteiger partial charge in [-0.1, -0.05) is 30.4 Å². The number of nitrogens with zero attached hydrogens (tertiary/aromatic N) is 3. The van der Waals surface area contributed by atoms with Crippen LogP contribution >= 0.6 is 0 Å². The Kier molecular flexibility index (Phi) is 8.53. The molecule has 0 radical (unpaired) electrons. The van der Waals surface area contributed by atoms with E-state index in [2.05, 4.69) is 22.5 Å². The minimum Gasteiger partial charge on any atom is -0.476 e. The second-order valence-electron chi connectivity index (χ2n) is 8.34. The number of ether oxygens (including phenoxy) is 2. The summed E-state index contributed by atoms with van der Waals surface area (Å²) in [5.41, 5.74) is 3.64. The van der Waals surface area contributed by atoms with E-state index in [4.69, 9.17) is 19.4 Å². The van der Waals surface area contributed by atoms with Gasteiger partial charge in [0, 0.05) is 50.4 Å². The maximum absolute atomic E-state index is 12.8. The minimum atomic E-state index is -0.815. The summed E-state index contributed by atoms with van der Waals surface area (Å²) in [6.07, 6.45) is 17.3. The quantitative estimate of drug-likeness (QED) is 0.398. The second kappa shape index (κ2) is 12.2. The van der Waals surface area contributed by atoms with Gasteiger partial charge in [-0.3, -0.25) is 9.79 Å². The van der Waals surface area contributed by atoms with Crippen molar-refractivity contribution in [3.05, 3.63) is 77.7 Å². The Morgan fingerprint density at radius 2 is 2.14 bits per heavy atom. The van der Waals surface area contributed by atoms with Crippen LogP contribution in [0.5, 0.6) is 5.88 Å². The lowest BCUT2D eigenvalue weighted by Gasteiger charge is -2.18. The zero-order chi connectivity index (χ0) is 24.5. The summed E-state index contributed by atoms with van der Waals surface area (Å²) < 4.78 is 10.9. The number of methoxy groups -OCH3 is 1. The molecule has 4 rings (SSSR count). The first-order chi connectivity index (χ1) is 17.1. The first-order valence-corrected chi connectivity index (χ1v) is 11.8. The number of benzene rings is 1. The molecule has 1 aliphatic carbocycles. The van der Waals surface area contributed by atoms with Crippen LogP contribution in [0.2, 0.25) is 0 Å². The van der Waals surface area contributed by atoms with E-state index in [0.717, 1.165) is 17.7 Å². The molecule has 1 aliphatic heterocycles. The summed E-state index contributed by atoms with van der Waals surface area (Å²) >= 11 is 0. The number of carbonyl (C=O) groups excluding carboxylic acids is 1. The van der Waals surface area contributed by atoms with Gasteiger partial charge in [-0.05, 0) is 42.7 Å². The van der Waals surface area contributed by atoms with Gasteiger partial charge in [-0.15, -0.1) is 0 Å².